The van der Waals surface area contributed by atoms with Crippen molar-refractivity contribution in [2.45, 2.75) is 56.6 Å². The molecule has 20 heavy (non-hydrogen) atoms. The van der Waals surface area contributed by atoms with Gasteiger partial charge < -0.3 is 9.84 Å². The first kappa shape index (κ1) is 14.2. The second kappa shape index (κ2) is 4.93. The minimum absolute atomic E-state index is 0.0446. The number of esters is 1. The third-order valence-electron chi connectivity index (χ3n) is 5.57. The van der Waals surface area contributed by atoms with Crippen molar-refractivity contribution in [1.82, 2.24) is 0 Å². The van der Waals surface area contributed by atoms with Gasteiger partial charge in [-0.05, 0) is 38.0 Å². The van der Waals surface area contributed by atoms with E-state index in [0.717, 1.165) is 44.9 Å². The van der Waals surface area contributed by atoms with Gasteiger partial charge in [0.2, 0.25) is 0 Å². The normalized spacial score (nSPS) is 39.0. The highest BCUT2D eigenvalue weighted by atomic mass is 32.1. The van der Waals surface area contributed by atoms with Gasteiger partial charge in [0, 0.05) is 5.41 Å². The molecule has 1 saturated heterocycles. The number of fused-ring (bicyclic) bond motifs is 1. The fourth-order valence-corrected chi connectivity index (χ4v) is 4.86. The number of hydrogen-bond donors (Lipinski definition) is 2. The molecule has 2 unspecified atom stereocenters. The molecule has 2 atom stereocenters. The summed E-state index contributed by atoms with van der Waals surface area (Å²) in [4.78, 5) is 22.6. The van der Waals surface area contributed by atoms with E-state index >= 15 is 0 Å². The van der Waals surface area contributed by atoms with Crippen LogP contribution in [0.25, 0.3) is 0 Å². The van der Waals surface area contributed by atoms with Crippen molar-refractivity contribution in [2.24, 2.45) is 16.7 Å². The first-order valence-electron chi connectivity index (χ1n) is 7.56. The number of carbonyl (C=O) groups excluding carboxylic acids is 1. The Morgan fingerprint density at radius 2 is 2.15 bits per heavy atom. The molecular formula is C15H22O4S. The molecule has 2 bridgehead atoms. The number of cyclic esters (lactones) is 1. The third kappa shape index (κ3) is 2.14. The van der Waals surface area contributed by atoms with Crippen molar-refractivity contribution in [3.8, 4) is 0 Å². The molecular weight excluding hydrogens is 276 g/mol. The lowest BCUT2D eigenvalue weighted by Crippen LogP contribution is -2.53. The summed E-state index contributed by atoms with van der Waals surface area (Å²) in [6.45, 7) is 0.643. The van der Waals surface area contributed by atoms with Gasteiger partial charge in [0.25, 0.3) is 0 Å². The molecule has 0 aromatic rings. The second-order valence-corrected chi connectivity index (χ2v) is 7.60. The number of thiol groups is 1. The van der Waals surface area contributed by atoms with Gasteiger partial charge in [0.1, 0.15) is 0 Å². The molecule has 1 N–H and O–H groups in total. The van der Waals surface area contributed by atoms with Crippen LogP contribution in [0.1, 0.15) is 51.4 Å². The van der Waals surface area contributed by atoms with Gasteiger partial charge >= 0.3 is 11.9 Å². The molecule has 0 amide bonds. The van der Waals surface area contributed by atoms with Crippen molar-refractivity contribution in [3.63, 3.8) is 0 Å². The molecule has 112 valence electrons. The molecule has 5 heteroatoms. The van der Waals surface area contributed by atoms with Crippen LogP contribution in [0.3, 0.4) is 0 Å². The van der Waals surface area contributed by atoms with Crippen LogP contribution in [0.5, 0.6) is 0 Å². The zero-order valence-corrected chi connectivity index (χ0v) is 12.5. The van der Waals surface area contributed by atoms with Gasteiger partial charge in [-0.15, -0.1) is 0 Å². The highest BCUT2D eigenvalue weighted by molar-refractivity contribution is 7.81. The van der Waals surface area contributed by atoms with Crippen LogP contribution in [-0.4, -0.2) is 28.9 Å². The SMILES string of the molecule is O=C(O)C(S)CCCCCC1CC23COC(=O)C1(C2)C3. The summed E-state index contributed by atoms with van der Waals surface area (Å²) < 4.78 is 5.31. The number of carboxylic acids is 1. The molecule has 4 nitrogen and oxygen atoms in total. The Labute approximate surface area is 124 Å². The van der Waals surface area contributed by atoms with E-state index in [2.05, 4.69) is 12.6 Å². The minimum Gasteiger partial charge on any atom is -0.480 e. The highest BCUT2D eigenvalue weighted by Gasteiger charge is 2.73. The summed E-state index contributed by atoms with van der Waals surface area (Å²) in [6.07, 6.45) is 7.98. The van der Waals surface area contributed by atoms with Gasteiger partial charge in [0.05, 0.1) is 17.3 Å². The average Bonchev–Trinajstić information content (AvgIpc) is 2.80. The van der Waals surface area contributed by atoms with Gasteiger partial charge in [-0.1, -0.05) is 19.3 Å². The van der Waals surface area contributed by atoms with E-state index < -0.39 is 11.2 Å². The number of carbonyl (C=O) groups is 2. The van der Waals surface area contributed by atoms with Gasteiger partial charge in [0.15, 0.2) is 0 Å². The number of ether oxygens (including phenoxy) is 1. The topological polar surface area (TPSA) is 63.6 Å². The Bertz CT molecular complexity index is 428. The Kier molecular flexibility index (Phi) is 3.51. The highest BCUT2D eigenvalue weighted by Crippen LogP contribution is 2.73. The Hall–Kier alpha value is -0.710. The summed E-state index contributed by atoms with van der Waals surface area (Å²) in [5, 5.41) is 8.21. The summed E-state index contributed by atoms with van der Waals surface area (Å²) in [5.74, 6) is -0.286. The molecule has 4 aliphatic rings. The lowest BCUT2D eigenvalue weighted by molar-refractivity contribution is -0.191. The minimum atomic E-state index is -0.834. The summed E-state index contributed by atoms with van der Waals surface area (Å²) >= 11 is 4.03. The predicted octanol–water partition coefficient (Wildman–Crippen LogP) is 2.66. The molecule has 0 spiro atoms. The first-order valence-corrected chi connectivity index (χ1v) is 8.07. The lowest BCUT2D eigenvalue weighted by atomic mass is 9.57. The molecule has 3 aliphatic carbocycles. The summed E-state index contributed by atoms with van der Waals surface area (Å²) in [6, 6.07) is 0. The number of aliphatic carboxylic acids is 1. The van der Waals surface area contributed by atoms with E-state index in [-0.39, 0.29) is 11.4 Å². The second-order valence-electron chi connectivity index (χ2n) is 6.98. The van der Waals surface area contributed by atoms with E-state index in [0.29, 0.717) is 24.4 Å². The monoisotopic (exact) mass is 298 g/mol. The average molecular weight is 298 g/mol. The maximum atomic E-state index is 12.0. The van der Waals surface area contributed by atoms with Gasteiger partial charge in [-0.25, -0.2) is 0 Å². The zero-order valence-electron chi connectivity index (χ0n) is 11.6. The maximum Gasteiger partial charge on any atom is 0.316 e. The quantitative estimate of drug-likeness (QED) is 0.431. The predicted molar refractivity (Wildman–Crippen MR) is 76.7 cm³/mol. The standard InChI is InChI=1S/C15H22O4S/c16-12(17)11(20)5-3-1-2-4-10-6-14-7-15(10,8-14)13(18)19-9-14/h10-11,20H,1-9H2,(H,16,17). The smallest absolute Gasteiger partial charge is 0.316 e. The van der Waals surface area contributed by atoms with Gasteiger partial charge in [-0.3, -0.25) is 9.59 Å². The Morgan fingerprint density at radius 1 is 1.40 bits per heavy atom. The van der Waals surface area contributed by atoms with E-state index in [1.165, 1.54) is 0 Å². The van der Waals surface area contributed by atoms with Crippen molar-refractivity contribution >= 4 is 24.6 Å². The number of rotatable bonds is 7. The molecule has 1 aliphatic heterocycles. The molecule has 3 saturated carbocycles. The summed E-state index contributed by atoms with van der Waals surface area (Å²) in [7, 11) is 0. The van der Waals surface area contributed by atoms with Crippen LogP contribution < -0.4 is 0 Å². The maximum absolute atomic E-state index is 12.0. The van der Waals surface area contributed by atoms with Crippen LogP contribution in [0.4, 0.5) is 0 Å². The molecule has 1 heterocycles. The van der Waals surface area contributed by atoms with Crippen molar-refractivity contribution < 1.29 is 19.4 Å². The lowest BCUT2D eigenvalue weighted by Gasteiger charge is -2.51. The fourth-order valence-electron chi connectivity index (χ4n) is 4.68. The fraction of sp³-hybridized carbons (Fsp3) is 0.867. The molecule has 4 fully saturated rings. The van der Waals surface area contributed by atoms with Gasteiger partial charge in [-0.2, -0.15) is 12.6 Å². The molecule has 0 radical (unpaired) electrons. The van der Waals surface area contributed by atoms with E-state index in [1.807, 2.05) is 0 Å². The number of unbranched alkanes of at least 4 members (excludes halogenated alkanes) is 2. The number of hydrogen-bond acceptors (Lipinski definition) is 4. The van der Waals surface area contributed by atoms with Crippen molar-refractivity contribution in [1.29, 1.82) is 0 Å². The van der Waals surface area contributed by atoms with E-state index in [4.69, 9.17) is 9.84 Å². The van der Waals surface area contributed by atoms with Crippen LogP contribution >= 0.6 is 12.6 Å². The van der Waals surface area contributed by atoms with Crippen molar-refractivity contribution in [2.75, 3.05) is 6.61 Å². The van der Waals surface area contributed by atoms with Crippen LogP contribution in [0.15, 0.2) is 0 Å². The van der Waals surface area contributed by atoms with Crippen molar-refractivity contribution in [3.05, 3.63) is 0 Å². The molecule has 0 aromatic carbocycles. The summed E-state index contributed by atoms with van der Waals surface area (Å²) in [5.41, 5.74) is 0.198. The Morgan fingerprint density at radius 3 is 2.85 bits per heavy atom. The molecule has 4 rings (SSSR count). The third-order valence-corrected chi connectivity index (χ3v) is 6.05. The van der Waals surface area contributed by atoms with E-state index in [1.54, 1.807) is 0 Å². The molecule has 0 aromatic heterocycles. The largest absolute Gasteiger partial charge is 0.480 e. The van der Waals surface area contributed by atoms with Crippen LogP contribution in [0.2, 0.25) is 0 Å². The van der Waals surface area contributed by atoms with E-state index in [9.17, 15) is 9.59 Å². The Balaban J connectivity index is 1.40. The first-order chi connectivity index (χ1) is 9.47. The zero-order chi connectivity index (χ0) is 14.4. The van der Waals surface area contributed by atoms with Crippen LogP contribution in [0, 0.1) is 16.7 Å². The van der Waals surface area contributed by atoms with Crippen LogP contribution in [-0.2, 0) is 14.3 Å². The number of carboxylic acid groups (broad SMARTS) is 1.